The Kier molecular flexibility index (Phi) is 6.93. The minimum Gasteiger partial charge on any atom is -0.383 e. The molecule has 5 heteroatoms. The third kappa shape index (κ3) is 4.24. The highest BCUT2D eigenvalue weighted by atomic mass is 79.9. The van der Waals surface area contributed by atoms with E-state index in [0.717, 1.165) is 16.6 Å². The zero-order chi connectivity index (χ0) is 14.4. The topological polar surface area (TPSA) is 38.5 Å². The van der Waals surface area contributed by atoms with Gasteiger partial charge in [0.25, 0.3) is 0 Å². The number of ether oxygens (including phenoxy) is 1. The summed E-state index contributed by atoms with van der Waals surface area (Å²) in [5, 5.41) is 0. The number of benzene rings is 1. The molecule has 2 N–H and O–H groups in total. The van der Waals surface area contributed by atoms with E-state index in [1.165, 1.54) is 6.07 Å². The molecule has 0 radical (unpaired) electrons. The molecule has 1 aromatic carbocycles. The van der Waals surface area contributed by atoms with Gasteiger partial charge in [-0.2, -0.15) is 0 Å². The molecule has 0 aromatic heterocycles. The van der Waals surface area contributed by atoms with E-state index in [1.54, 1.807) is 19.2 Å². The van der Waals surface area contributed by atoms with Gasteiger partial charge in [-0.1, -0.05) is 22.9 Å². The van der Waals surface area contributed by atoms with Gasteiger partial charge in [-0.05, 0) is 37.2 Å². The highest BCUT2D eigenvalue weighted by Gasteiger charge is 2.24. The normalized spacial score (nSPS) is 14.7. The summed E-state index contributed by atoms with van der Waals surface area (Å²) >= 11 is 3.48. The maximum Gasteiger partial charge on any atom is 0.123 e. The van der Waals surface area contributed by atoms with Crippen molar-refractivity contribution in [2.45, 2.75) is 25.9 Å². The molecule has 3 nitrogen and oxygen atoms in total. The van der Waals surface area contributed by atoms with Crippen LogP contribution in [0.3, 0.4) is 0 Å². The summed E-state index contributed by atoms with van der Waals surface area (Å²) in [4.78, 5) is 2.23. The minimum atomic E-state index is -0.243. The number of nitrogens with zero attached hydrogens (tertiary/aromatic N) is 1. The van der Waals surface area contributed by atoms with Crippen molar-refractivity contribution in [3.63, 3.8) is 0 Å². The SMILES string of the molecule is CCN(C(C)COC)C(CN)c1cc(F)ccc1Br. The standard InChI is InChI=1S/C14H22BrFN2O/c1-4-18(10(2)9-19-3)14(8-17)12-7-11(16)5-6-13(12)15/h5-7,10,14H,4,8-9,17H2,1-3H3. The van der Waals surface area contributed by atoms with Crippen molar-refractivity contribution in [1.82, 2.24) is 4.90 Å². The van der Waals surface area contributed by atoms with Crippen molar-refractivity contribution in [2.75, 3.05) is 26.8 Å². The summed E-state index contributed by atoms with van der Waals surface area (Å²) in [5.41, 5.74) is 6.79. The van der Waals surface area contributed by atoms with Crippen LogP contribution < -0.4 is 5.73 Å². The van der Waals surface area contributed by atoms with Gasteiger partial charge in [0.1, 0.15) is 5.82 Å². The number of rotatable bonds is 7. The van der Waals surface area contributed by atoms with Crippen LogP contribution in [0.15, 0.2) is 22.7 Å². The molecule has 1 rings (SSSR count). The van der Waals surface area contributed by atoms with E-state index in [9.17, 15) is 4.39 Å². The zero-order valence-corrected chi connectivity index (χ0v) is 13.3. The van der Waals surface area contributed by atoms with Crippen LogP contribution in [-0.4, -0.2) is 37.7 Å². The molecule has 2 atom stereocenters. The first kappa shape index (κ1) is 16.6. The van der Waals surface area contributed by atoms with Crippen LogP contribution in [0.2, 0.25) is 0 Å². The van der Waals surface area contributed by atoms with Gasteiger partial charge in [-0.25, -0.2) is 4.39 Å². The van der Waals surface area contributed by atoms with Gasteiger partial charge in [0.2, 0.25) is 0 Å². The Balaban J connectivity index is 3.06. The van der Waals surface area contributed by atoms with Crippen LogP contribution in [0.4, 0.5) is 4.39 Å². The largest absolute Gasteiger partial charge is 0.383 e. The maximum atomic E-state index is 13.5. The van der Waals surface area contributed by atoms with Gasteiger partial charge in [0.05, 0.1) is 6.61 Å². The molecule has 0 saturated heterocycles. The predicted octanol–water partition coefficient (Wildman–Crippen LogP) is 2.94. The Hall–Kier alpha value is -0.490. The van der Waals surface area contributed by atoms with Crippen molar-refractivity contribution in [3.05, 3.63) is 34.1 Å². The fourth-order valence-electron chi connectivity index (χ4n) is 2.39. The predicted molar refractivity (Wildman–Crippen MR) is 79.6 cm³/mol. The lowest BCUT2D eigenvalue weighted by atomic mass is 10.0. The number of hydrogen-bond acceptors (Lipinski definition) is 3. The highest BCUT2D eigenvalue weighted by molar-refractivity contribution is 9.10. The quantitative estimate of drug-likeness (QED) is 0.834. The fraction of sp³-hybridized carbons (Fsp3) is 0.571. The summed E-state index contributed by atoms with van der Waals surface area (Å²) < 4.78 is 19.5. The van der Waals surface area contributed by atoms with Gasteiger partial charge < -0.3 is 10.5 Å². The third-order valence-electron chi connectivity index (χ3n) is 3.28. The number of hydrogen-bond donors (Lipinski definition) is 1. The fourth-order valence-corrected chi connectivity index (χ4v) is 2.90. The van der Waals surface area contributed by atoms with Crippen LogP contribution in [0, 0.1) is 5.82 Å². The smallest absolute Gasteiger partial charge is 0.123 e. The van der Waals surface area contributed by atoms with Crippen LogP contribution in [-0.2, 0) is 4.74 Å². The summed E-state index contributed by atoms with van der Waals surface area (Å²) in [7, 11) is 1.68. The first-order chi connectivity index (χ1) is 9.04. The maximum absolute atomic E-state index is 13.5. The number of methoxy groups -OCH3 is 1. The van der Waals surface area contributed by atoms with E-state index in [2.05, 4.69) is 34.7 Å². The van der Waals surface area contributed by atoms with Crippen molar-refractivity contribution < 1.29 is 9.13 Å². The van der Waals surface area contributed by atoms with E-state index in [-0.39, 0.29) is 17.9 Å². The average Bonchev–Trinajstić information content (AvgIpc) is 2.39. The summed E-state index contributed by atoms with van der Waals surface area (Å²) in [5.74, 6) is -0.243. The molecule has 108 valence electrons. The molecule has 0 amide bonds. The van der Waals surface area contributed by atoms with Crippen molar-refractivity contribution in [2.24, 2.45) is 5.73 Å². The molecule has 0 saturated carbocycles. The molecule has 0 fully saturated rings. The molecule has 0 aliphatic heterocycles. The molecule has 19 heavy (non-hydrogen) atoms. The van der Waals surface area contributed by atoms with Crippen LogP contribution in [0.1, 0.15) is 25.5 Å². The van der Waals surface area contributed by atoms with Crippen molar-refractivity contribution in [1.29, 1.82) is 0 Å². The average molecular weight is 333 g/mol. The lowest BCUT2D eigenvalue weighted by Gasteiger charge is -2.35. The van der Waals surface area contributed by atoms with Gasteiger partial charge in [-0.15, -0.1) is 0 Å². The third-order valence-corrected chi connectivity index (χ3v) is 4.00. The first-order valence-electron chi connectivity index (χ1n) is 6.44. The molecule has 0 aliphatic rings. The Morgan fingerprint density at radius 1 is 1.47 bits per heavy atom. The highest BCUT2D eigenvalue weighted by Crippen LogP contribution is 2.29. The Labute approximate surface area is 123 Å². The van der Waals surface area contributed by atoms with E-state index in [1.807, 2.05) is 0 Å². The second-order valence-corrected chi connectivity index (χ2v) is 5.41. The van der Waals surface area contributed by atoms with Gasteiger partial charge in [-0.3, -0.25) is 4.90 Å². The number of likely N-dealkylation sites (N-methyl/N-ethyl adjacent to an activating group) is 1. The van der Waals surface area contributed by atoms with Gasteiger partial charge in [0, 0.05) is 30.2 Å². The second-order valence-electron chi connectivity index (χ2n) is 4.55. The lowest BCUT2D eigenvalue weighted by Crippen LogP contribution is -2.42. The second kappa shape index (κ2) is 7.94. The molecule has 0 bridgehead atoms. The van der Waals surface area contributed by atoms with Crippen molar-refractivity contribution in [3.8, 4) is 0 Å². The summed E-state index contributed by atoms with van der Waals surface area (Å²) in [6.07, 6.45) is 0. The van der Waals surface area contributed by atoms with E-state index in [0.29, 0.717) is 13.2 Å². The first-order valence-corrected chi connectivity index (χ1v) is 7.24. The van der Waals surface area contributed by atoms with E-state index < -0.39 is 0 Å². The van der Waals surface area contributed by atoms with E-state index >= 15 is 0 Å². The van der Waals surface area contributed by atoms with E-state index in [4.69, 9.17) is 10.5 Å². The van der Waals surface area contributed by atoms with Crippen LogP contribution in [0.5, 0.6) is 0 Å². The molecule has 0 spiro atoms. The Morgan fingerprint density at radius 3 is 2.68 bits per heavy atom. The molecule has 1 aromatic rings. The summed E-state index contributed by atoms with van der Waals surface area (Å²) in [6.45, 7) is 6.04. The Bertz CT molecular complexity index is 403. The number of nitrogens with two attached hydrogens (primary N) is 1. The molecule has 2 unspecified atom stereocenters. The molecule has 0 aliphatic carbocycles. The van der Waals surface area contributed by atoms with Gasteiger partial charge >= 0.3 is 0 Å². The monoisotopic (exact) mass is 332 g/mol. The molecule has 0 heterocycles. The van der Waals surface area contributed by atoms with Gasteiger partial charge in [0.15, 0.2) is 0 Å². The molecular formula is C14H22BrFN2O. The van der Waals surface area contributed by atoms with Crippen LogP contribution >= 0.6 is 15.9 Å². The van der Waals surface area contributed by atoms with Crippen LogP contribution in [0.25, 0.3) is 0 Å². The minimum absolute atomic E-state index is 0.0276. The molecular weight excluding hydrogens is 311 g/mol. The van der Waals surface area contributed by atoms with Crippen molar-refractivity contribution >= 4 is 15.9 Å². The number of halogens is 2. The zero-order valence-electron chi connectivity index (χ0n) is 11.7. The lowest BCUT2D eigenvalue weighted by molar-refractivity contribution is 0.0748. The Morgan fingerprint density at radius 2 is 2.16 bits per heavy atom. The summed E-state index contributed by atoms with van der Waals surface area (Å²) in [6, 6.07) is 4.90.